The lowest BCUT2D eigenvalue weighted by Crippen LogP contribution is -2.32. The number of likely N-dealkylation sites (N-methyl/N-ethyl adjacent to an activating group) is 2. The van der Waals surface area contributed by atoms with Gasteiger partial charge in [-0.05, 0) is 39.7 Å². The van der Waals surface area contributed by atoms with Gasteiger partial charge < -0.3 is 10.6 Å². The van der Waals surface area contributed by atoms with Crippen LogP contribution >= 0.6 is 0 Å². The molecule has 2 N–H and O–H groups in total. The average Bonchev–Trinajstić information content (AvgIpc) is 2.51. The Morgan fingerprint density at radius 1 is 1.41 bits per heavy atom. The van der Waals surface area contributed by atoms with E-state index in [4.69, 9.17) is 5.73 Å². The highest BCUT2D eigenvalue weighted by Gasteiger charge is 2.24. The molecule has 1 aromatic rings. The van der Waals surface area contributed by atoms with Gasteiger partial charge in [-0.25, -0.2) is 9.97 Å². The van der Waals surface area contributed by atoms with E-state index in [0.29, 0.717) is 6.54 Å². The summed E-state index contributed by atoms with van der Waals surface area (Å²) in [7, 11) is 4.29. The van der Waals surface area contributed by atoms with Gasteiger partial charge in [-0.15, -0.1) is 0 Å². The molecule has 1 fully saturated rings. The molecule has 0 radical (unpaired) electrons. The Morgan fingerprint density at radius 3 is 3.00 bits per heavy atom. The number of hydrogen-bond acceptors (Lipinski definition) is 5. The third-order valence-electron chi connectivity index (χ3n) is 3.31. The van der Waals surface area contributed by atoms with Gasteiger partial charge in [-0.3, -0.25) is 4.90 Å². The lowest BCUT2D eigenvalue weighted by atomic mass is 10.2. The van der Waals surface area contributed by atoms with Crippen LogP contribution in [0.3, 0.4) is 0 Å². The molecule has 5 nitrogen and oxygen atoms in total. The largest absolute Gasteiger partial charge is 0.325 e. The summed E-state index contributed by atoms with van der Waals surface area (Å²) < 4.78 is 0. The molecule has 2 heterocycles. The van der Waals surface area contributed by atoms with Gasteiger partial charge in [0.2, 0.25) is 0 Å². The standard InChI is InChI=1S/C12H21N5/c1-16-6-3-7-17(2)11(9-16)12-14-5-4-10(8-13)15-12/h4-5,11H,3,6-9,13H2,1-2H3. The van der Waals surface area contributed by atoms with E-state index >= 15 is 0 Å². The smallest absolute Gasteiger partial charge is 0.146 e. The summed E-state index contributed by atoms with van der Waals surface area (Å²) in [5, 5.41) is 0. The van der Waals surface area contributed by atoms with Gasteiger partial charge in [0.25, 0.3) is 0 Å². The zero-order valence-corrected chi connectivity index (χ0v) is 10.6. The van der Waals surface area contributed by atoms with Gasteiger partial charge in [0, 0.05) is 19.3 Å². The van der Waals surface area contributed by atoms with Crippen molar-refractivity contribution in [2.45, 2.75) is 19.0 Å². The highest BCUT2D eigenvalue weighted by atomic mass is 15.2. The molecule has 5 heteroatoms. The predicted octanol–water partition coefficient (Wildman–Crippen LogP) is 0.244. The first kappa shape index (κ1) is 12.4. The Bertz CT molecular complexity index is 368. The summed E-state index contributed by atoms with van der Waals surface area (Å²) in [5.41, 5.74) is 6.54. The first-order valence-corrected chi connectivity index (χ1v) is 6.11. The van der Waals surface area contributed by atoms with Crippen LogP contribution in [0.2, 0.25) is 0 Å². The molecule has 1 aromatic heterocycles. The minimum Gasteiger partial charge on any atom is -0.325 e. The maximum absolute atomic E-state index is 5.63. The Hall–Kier alpha value is -1.04. The van der Waals surface area contributed by atoms with Crippen LogP contribution in [-0.4, -0.2) is 53.5 Å². The monoisotopic (exact) mass is 235 g/mol. The fraction of sp³-hybridized carbons (Fsp3) is 0.667. The van der Waals surface area contributed by atoms with E-state index in [2.05, 4.69) is 33.9 Å². The first-order chi connectivity index (χ1) is 8.20. The number of nitrogens with zero attached hydrogens (tertiary/aromatic N) is 4. The molecule has 0 spiro atoms. The van der Waals surface area contributed by atoms with E-state index in [-0.39, 0.29) is 6.04 Å². The van der Waals surface area contributed by atoms with E-state index < -0.39 is 0 Å². The van der Waals surface area contributed by atoms with Crippen molar-refractivity contribution < 1.29 is 0 Å². The Kier molecular flexibility index (Phi) is 4.04. The third-order valence-corrected chi connectivity index (χ3v) is 3.31. The lowest BCUT2D eigenvalue weighted by Gasteiger charge is -2.26. The van der Waals surface area contributed by atoms with Gasteiger partial charge in [-0.1, -0.05) is 0 Å². The normalized spacial score (nSPS) is 23.6. The van der Waals surface area contributed by atoms with Crippen molar-refractivity contribution in [1.82, 2.24) is 19.8 Å². The molecule has 0 aliphatic carbocycles. The molecule has 17 heavy (non-hydrogen) atoms. The minimum absolute atomic E-state index is 0.272. The van der Waals surface area contributed by atoms with E-state index in [1.807, 2.05) is 12.3 Å². The second kappa shape index (κ2) is 5.53. The van der Waals surface area contributed by atoms with Crippen LogP contribution in [0.15, 0.2) is 12.3 Å². The average molecular weight is 235 g/mol. The summed E-state index contributed by atoms with van der Waals surface area (Å²) in [4.78, 5) is 13.6. The van der Waals surface area contributed by atoms with Gasteiger partial charge in [0.15, 0.2) is 0 Å². The summed E-state index contributed by atoms with van der Waals surface area (Å²) >= 11 is 0. The van der Waals surface area contributed by atoms with E-state index in [1.165, 1.54) is 6.42 Å². The van der Waals surface area contributed by atoms with Crippen LogP contribution in [0.5, 0.6) is 0 Å². The zero-order valence-electron chi connectivity index (χ0n) is 10.6. The molecule has 2 rings (SSSR count). The van der Waals surface area contributed by atoms with Crippen molar-refractivity contribution in [1.29, 1.82) is 0 Å². The topological polar surface area (TPSA) is 58.3 Å². The number of nitrogens with two attached hydrogens (primary N) is 1. The quantitative estimate of drug-likeness (QED) is 0.796. The molecule has 0 amide bonds. The minimum atomic E-state index is 0.272. The van der Waals surface area contributed by atoms with Crippen LogP contribution in [0, 0.1) is 0 Å². The first-order valence-electron chi connectivity index (χ1n) is 6.11. The highest BCUT2D eigenvalue weighted by molar-refractivity contribution is 5.06. The second-order valence-electron chi connectivity index (χ2n) is 4.72. The van der Waals surface area contributed by atoms with Crippen molar-refractivity contribution in [3.05, 3.63) is 23.8 Å². The summed E-state index contributed by atoms with van der Waals surface area (Å²) in [6.07, 6.45) is 3.00. The maximum Gasteiger partial charge on any atom is 0.146 e. The Morgan fingerprint density at radius 2 is 2.24 bits per heavy atom. The van der Waals surface area contributed by atoms with Crippen LogP contribution in [-0.2, 0) is 6.54 Å². The molecular weight excluding hydrogens is 214 g/mol. The molecule has 1 atom stereocenters. The van der Waals surface area contributed by atoms with Crippen LogP contribution in [0.4, 0.5) is 0 Å². The summed E-state index contributed by atoms with van der Waals surface area (Å²) in [6.45, 7) is 3.68. The van der Waals surface area contributed by atoms with E-state index in [1.54, 1.807) is 0 Å². The summed E-state index contributed by atoms with van der Waals surface area (Å²) in [6, 6.07) is 2.15. The summed E-state index contributed by atoms with van der Waals surface area (Å²) in [5.74, 6) is 0.893. The van der Waals surface area contributed by atoms with Gasteiger partial charge >= 0.3 is 0 Å². The van der Waals surface area contributed by atoms with Gasteiger partial charge in [0.05, 0.1) is 11.7 Å². The van der Waals surface area contributed by atoms with Crippen LogP contribution in [0.25, 0.3) is 0 Å². The van der Waals surface area contributed by atoms with E-state index in [0.717, 1.165) is 31.2 Å². The molecule has 0 bridgehead atoms. The van der Waals surface area contributed by atoms with Gasteiger partial charge in [0.1, 0.15) is 5.82 Å². The Balaban J connectivity index is 2.22. The van der Waals surface area contributed by atoms with Crippen molar-refractivity contribution in [3.8, 4) is 0 Å². The SMILES string of the molecule is CN1CCCN(C)C(c2nccc(CN)n2)C1. The van der Waals surface area contributed by atoms with Crippen molar-refractivity contribution in [2.24, 2.45) is 5.73 Å². The van der Waals surface area contributed by atoms with Crippen LogP contribution in [0.1, 0.15) is 24.0 Å². The fourth-order valence-corrected chi connectivity index (χ4v) is 2.24. The number of rotatable bonds is 2. The molecule has 1 saturated heterocycles. The molecule has 1 aliphatic rings. The van der Waals surface area contributed by atoms with Crippen LogP contribution < -0.4 is 5.73 Å². The van der Waals surface area contributed by atoms with Crippen molar-refractivity contribution in [3.63, 3.8) is 0 Å². The van der Waals surface area contributed by atoms with Gasteiger partial charge in [-0.2, -0.15) is 0 Å². The van der Waals surface area contributed by atoms with E-state index in [9.17, 15) is 0 Å². The highest BCUT2D eigenvalue weighted by Crippen LogP contribution is 2.19. The maximum atomic E-state index is 5.63. The zero-order chi connectivity index (χ0) is 12.3. The van der Waals surface area contributed by atoms with Crippen molar-refractivity contribution in [2.75, 3.05) is 33.7 Å². The molecule has 94 valence electrons. The molecule has 0 saturated carbocycles. The molecule has 1 aliphatic heterocycles. The number of hydrogen-bond donors (Lipinski definition) is 1. The molecular formula is C12H21N5. The molecule has 0 aromatic carbocycles. The fourth-order valence-electron chi connectivity index (χ4n) is 2.24. The second-order valence-corrected chi connectivity index (χ2v) is 4.72. The van der Waals surface area contributed by atoms with Crippen molar-refractivity contribution >= 4 is 0 Å². The predicted molar refractivity (Wildman–Crippen MR) is 67.4 cm³/mol. The third kappa shape index (κ3) is 3.00. The Labute approximate surface area is 103 Å². The lowest BCUT2D eigenvalue weighted by molar-refractivity contribution is 0.219. The molecule has 1 unspecified atom stereocenters. The number of aromatic nitrogens is 2.